The first-order valence-corrected chi connectivity index (χ1v) is 8.97. The van der Waals surface area contributed by atoms with Crippen LogP contribution in [0.4, 0.5) is 0 Å². The van der Waals surface area contributed by atoms with Crippen LogP contribution in [0.25, 0.3) is 0 Å². The van der Waals surface area contributed by atoms with Crippen molar-refractivity contribution in [3.8, 4) is 0 Å². The number of nitrogens with zero attached hydrogens (tertiary/aromatic N) is 1. The van der Waals surface area contributed by atoms with Gasteiger partial charge in [0.15, 0.2) is 0 Å². The highest BCUT2D eigenvalue weighted by atomic mass is 16.5. The molecule has 0 aromatic heterocycles. The third kappa shape index (κ3) is 2.73. The fourth-order valence-electron chi connectivity index (χ4n) is 4.37. The fourth-order valence-corrected chi connectivity index (χ4v) is 4.37. The number of likely N-dealkylation sites (tertiary alicyclic amines) is 1. The van der Waals surface area contributed by atoms with Gasteiger partial charge < -0.3 is 4.74 Å². The van der Waals surface area contributed by atoms with E-state index in [0.717, 1.165) is 18.4 Å². The molecule has 2 fully saturated rings. The van der Waals surface area contributed by atoms with Gasteiger partial charge in [-0.1, -0.05) is 50.3 Å². The Morgan fingerprint density at radius 3 is 2.60 bits per heavy atom. The lowest BCUT2D eigenvalue weighted by molar-refractivity contribution is -0.159. The molecule has 1 heterocycles. The van der Waals surface area contributed by atoms with Gasteiger partial charge >= 0.3 is 0 Å². The molecular formula is C21H27NO3. The van der Waals surface area contributed by atoms with Crippen LogP contribution in [0, 0.1) is 11.3 Å². The molecule has 1 aliphatic carbocycles. The number of carbonyl (C=O) groups is 2. The maximum Gasteiger partial charge on any atom is 0.259 e. The van der Waals surface area contributed by atoms with Crippen LogP contribution >= 0.6 is 0 Å². The third-order valence-corrected chi connectivity index (χ3v) is 6.36. The summed E-state index contributed by atoms with van der Waals surface area (Å²) in [5, 5.41) is 0. The molecule has 4 nitrogen and oxygen atoms in total. The van der Waals surface area contributed by atoms with E-state index in [9.17, 15) is 9.59 Å². The SMILES string of the molecule is C=CC[C@@H](OCc1ccccc1)C(=O)N1C(=O)[C@H]2CC[C@]1(C)C2(C)C. The van der Waals surface area contributed by atoms with Crippen molar-refractivity contribution in [3.05, 3.63) is 48.6 Å². The summed E-state index contributed by atoms with van der Waals surface area (Å²) in [6.07, 6.45) is 3.13. The number of ether oxygens (including phenoxy) is 1. The van der Waals surface area contributed by atoms with E-state index in [0.29, 0.717) is 13.0 Å². The van der Waals surface area contributed by atoms with Gasteiger partial charge in [-0.25, -0.2) is 0 Å². The first kappa shape index (κ1) is 17.9. The van der Waals surface area contributed by atoms with Crippen molar-refractivity contribution in [2.75, 3.05) is 0 Å². The molecule has 0 unspecified atom stereocenters. The molecule has 1 aliphatic heterocycles. The maximum atomic E-state index is 13.2. The van der Waals surface area contributed by atoms with E-state index >= 15 is 0 Å². The minimum Gasteiger partial charge on any atom is -0.363 e. The van der Waals surface area contributed by atoms with E-state index in [4.69, 9.17) is 4.74 Å². The van der Waals surface area contributed by atoms with Gasteiger partial charge in [0.1, 0.15) is 6.10 Å². The maximum absolute atomic E-state index is 13.2. The number of amides is 2. The molecule has 3 atom stereocenters. The van der Waals surface area contributed by atoms with Crippen LogP contribution in [0.2, 0.25) is 0 Å². The molecule has 1 saturated heterocycles. The van der Waals surface area contributed by atoms with E-state index in [1.54, 1.807) is 6.08 Å². The Balaban J connectivity index is 1.79. The fraction of sp³-hybridized carbons (Fsp3) is 0.524. The highest BCUT2D eigenvalue weighted by Gasteiger charge is 2.67. The summed E-state index contributed by atoms with van der Waals surface area (Å²) in [7, 11) is 0. The summed E-state index contributed by atoms with van der Waals surface area (Å²) < 4.78 is 5.90. The Hall–Kier alpha value is -1.94. The van der Waals surface area contributed by atoms with Crippen LogP contribution in [0.1, 0.15) is 45.6 Å². The van der Waals surface area contributed by atoms with E-state index < -0.39 is 11.6 Å². The molecule has 3 rings (SSSR count). The average molecular weight is 341 g/mol. The summed E-state index contributed by atoms with van der Waals surface area (Å²) in [5.41, 5.74) is 0.379. The normalized spacial score (nSPS) is 28.2. The number of hydrogen-bond acceptors (Lipinski definition) is 3. The summed E-state index contributed by atoms with van der Waals surface area (Å²) in [6, 6.07) is 9.75. The second kappa shape index (κ2) is 6.41. The van der Waals surface area contributed by atoms with E-state index in [1.165, 1.54) is 4.90 Å². The predicted molar refractivity (Wildman–Crippen MR) is 96.6 cm³/mol. The van der Waals surface area contributed by atoms with Crippen molar-refractivity contribution >= 4 is 11.8 Å². The second-order valence-electron chi connectivity index (χ2n) is 7.91. The average Bonchev–Trinajstić information content (AvgIpc) is 2.90. The van der Waals surface area contributed by atoms with Crippen LogP contribution in [-0.2, 0) is 20.9 Å². The highest BCUT2D eigenvalue weighted by molar-refractivity contribution is 6.02. The van der Waals surface area contributed by atoms with Gasteiger partial charge in [0.05, 0.1) is 12.1 Å². The van der Waals surface area contributed by atoms with Crippen molar-refractivity contribution in [2.45, 2.75) is 58.3 Å². The van der Waals surface area contributed by atoms with Crippen LogP contribution in [-0.4, -0.2) is 28.4 Å². The second-order valence-corrected chi connectivity index (χ2v) is 7.91. The van der Waals surface area contributed by atoms with Crippen molar-refractivity contribution in [1.82, 2.24) is 4.90 Å². The zero-order chi connectivity index (χ0) is 18.2. The van der Waals surface area contributed by atoms with Gasteiger partial charge in [-0.15, -0.1) is 6.58 Å². The molecule has 0 spiro atoms. The predicted octanol–water partition coefficient (Wildman–Crippen LogP) is 3.71. The zero-order valence-corrected chi connectivity index (χ0v) is 15.3. The molecule has 0 radical (unpaired) electrons. The number of rotatable bonds is 6. The van der Waals surface area contributed by atoms with Gasteiger partial charge in [0.2, 0.25) is 5.91 Å². The van der Waals surface area contributed by atoms with Crippen LogP contribution in [0.15, 0.2) is 43.0 Å². The quantitative estimate of drug-likeness (QED) is 0.741. The van der Waals surface area contributed by atoms with E-state index in [-0.39, 0.29) is 23.1 Å². The molecule has 1 aromatic rings. The molecule has 1 aromatic carbocycles. The lowest BCUT2D eigenvalue weighted by Crippen LogP contribution is -2.55. The van der Waals surface area contributed by atoms with Crippen LogP contribution in [0.5, 0.6) is 0 Å². The van der Waals surface area contributed by atoms with Gasteiger partial charge in [-0.05, 0) is 30.7 Å². The standard InChI is InChI=1S/C21H27NO3/c1-5-9-17(25-14-15-10-7-6-8-11-15)19(24)22-18(23)16-12-13-21(22,4)20(16,2)3/h5-8,10-11,16-17H,1,9,12-14H2,2-4H3/t16-,17-,21-/m1/s1. The minimum atomic E-state index is -0.673. The highest BCUT2D eigenvalue weighted by Crippen LogP contribution is 2.59. The zero-order valence-electron chi connectivity index (χ0n) is 15.3. The smallest absolute Gasteiger partial charge is 0.259 e. The monoisotopic (exact) mass is 341 g/mol. The summed E-state index contributed by atoms with van der Waals surface area (Å²) in [4.78, 5) is 27.5. The van der Waals surface area contributed by atoms with Crippen LogP contribution < -0.4 is 0 Å². The topological polar surface area (TPSA) is 46.6 Å². The number of piperidine rings is 1. The molecule has 25 heavy (non-hydrogen) atoms. The Bertz CT molecular complexity index is 682. The first-order valence-electron chi connectivity index (χ1n) is 8.97. The minimum absolute atomic E-state index is 0.0406. The lowest BCUT2D eigenvalue weighted by Gasteiger charge is -2.41. The lowest BCUT2D eigenvalue weighted by atomic mass is 9.75. The largest absolute Gasteiger partial charge is 0.363 e. The molecule has 0 N–H and O–H groups in total. The van der Waals surface area contributed by atoms with Gasteiger partial charge in [0.25, 0.3) is 5.91 Å². The van der Waals surface area contributed by atoms with Crippen molar-refractivity contribution < 1.29 is 14.3 Å². The number of benzene rings is 1. The van der Waals surface area contributed by atoms with Crippen LogP contribution in [0.3, 0.4) is 0 Å². The van der Waals surface area contributed by atoms with E-state index in [1.807, 2.05) is 37.3 Å². The number of carbonyl (C=O) groups excluding carboxylic acids is 2. The molecular weight excluding hydrogens is 314 g/mol. The molecule has 2 bridgehead atoms. The van der Waals surface area contributed by atoms with Crippen molar-refractivity contribution in [2.24, 2.45) is 11.3 Å². The number of fused-ring (bicyclic) bond motifs is 2. The number of imide groups is 1. The molecule has 4 heteroatoms. The van der Waals surface area contributed by atoms with Gasteiger partial charge in [-0.3, -0.25) is 14.5 Å². The first-order chi connectivity index (χ1) is 11.8. The number of hydrogen-bond donors (Lipinski definition) is 0. The molecule has 1 saturated carbocycles. The van der Waals surface area contributed by atoms with E-state index in [2.05, 4.69) is 20.4 Å². The van der Waals surface area contributed by atoms with Gasteiger partial charge in [0, 0.05) is 12.3 Å². The molecule has 2 aliphatic rings. The van der Waals surface area contributed by atoms with Crippen molar-refractivity contribution in [1.29, 1.82) is 0 Å². The Morgan fingerprint density at radius 2 is 2.04 bits per heavy atom. The Morgan fingerprint density at radius 1 is 1.36 bits per heavy atom. The Labute approximate surface area is 149 Å². The molecule has 2 amide bonds. The summed E-state index contributed by atoms with van der Waals surface area (Å²) in [5.74, 6) is -0.334. The van der Waals surface area contributed by atoms with Crippen molar-refractivity contribution in [3.63, 3.8) is 0 Å². The van der Waals surface area contributed by atoms with Gasteiger partial charge in [-0.2, -0.15) is 0 Å². The Kier molecular flexibility index (Phi) is 4.58. The summed E-state index contributed by atoms with van der Waals surface area (Å²) >= 11 is 0. The molecule has 134 valence electrons. The summed E-state index contributed by atoms with van der Waals surface area (Å²) in [6.45, 7) is 10.3. The third-order valence-electron chi connectivity index (χ3n) is 6.36.